The molecule has 0 bridgehead atoms. The van der Waals surface area contributed by atoms with E-state index in [-0.39, 0.29) is 11.3 Å². The maximum atomic E-state index is 13.3. The normalized spacial score (nSPS) is 16.6. The van der Waals surface area contributed by atoms with Gasteiger partial charge in [-0.2, -0.15) is 0 Å². The Labute approximate surface area is 229 Å². The molecular weight excluding hydrogens is 496 g/mol. The Hall–Kier alpha value is -4.30. The number of benzene rings is 3. The molecule has 1 heterocycles. The lowest BCUT2D eigenvalue weighted by Gasteiger charge is -2.27. The number of hydrogen-bond donors (Lipinski definition) is 1. The van der Waals surface area contributed by atoms with E-state index < -0.39 is 17.7 Å². The maximum absolute atomic E-state index is 13.3. The van der Waals surface area contributed by atoms with Gasteiger partial charge in [0, 0.05) is 18.7 Å². The third-order valence-electron chi connectivity index (χ3n) is 6.74. The predicted molar refractivity (Wildman–Crippen MR) is 149 cm³/mol. The number of likely N-dealkylation sites (N-methyl/N-ethyl adjacent to an activating group) is 1. The van der Waals surface area contributed by atoms with Crippen LogP contribution in [0.5, 0.6) is 17.2 Å². The monoisotopic (exact) mass is 530 g/mol. The van der Waals surface area contributed by atoms with Gasteiger partial charge in [-0.1, -0.05) is 36.4 Å². The summed E-state index contributed by atoms with van der Waals surface area (Å²) in [5.74, 6) is 0.0262. The van der Waals surface area contributed by atoms with Gasteiger partial charge in [-0.25, -0.2) is 0 Å². The number of carbonyl (C=O) groups is 2. The number of ketones is 1. The number of likely N-dealkylation sites (tertiary alicyclic amines) is 1. The molecule has 1 N–H and O–H groups in total. The number of hydrogen-bond acceptors (Lipinski definition) is 7. The molecule has 0 aliphatic carbocycles. The highest BCUT2D eigenvalue weighted by atomic mass is 16.5. The summed E-state index contributed by atoms with van der Waals surface area (Å²) in [6.45, 7) is 3.05. The number of methoxy groups -OCH3 is 2. The molecule has 0 spiro atoms. The molecule has 1 aliphatic rings. The molecule has 1 saturated heterocycles. The van der Waals surface area contributed by atoms with E-state index in [0.717, 1.165) is 11.1 Å². The summed E-state index contributed by atoms with van der Waals surface area (Å²) < 4.78 is 17.0. The molecule has 1 aliphatic heterocycles. The standard InChI is InChI=1S/C31H34N2O6/c1-20-17-23(12-13-24(20)37-4)29(34)27-28(33(16-15-32(2)3)31(36)30(27)35)22-11-14-25(26(18-22)38-5)39-19-21-9-7-6-8-10-21/h6-14,17-18,28,34H,15-16,19H2,1-5H3. The number of carbonyl (C=O) groups excluding carboxylic acids is 2. The Morgan fingerprint density at radius 2 is 1.62 bits per heavy atom. The highest BCUT2D eigenvalue weighted by Gasteiger charge is 2.46. The van der Waals surface area contributed by atoms with Crippen LogP contribution in [0.25, 0.3) is 5.76 Å². The van der Waals surface area contributed by atoms with Gasteiger partial charge in [0.15, 0.2) is 11.5 Å². The van der Waals surface area contributed by atoms with E-state index in [4.69, 9.17) is 14.2 Å². The Kier molecular flexibility index (Phi) is 8.56. The van der Waals surface area contributed by atoms with Gasteiger partial charge in [0.1, 0.15) is 18.1 Å². The minimum atomic E-state index is -0.801. The Morgan fingerprint density at radius 3 is 2.26 bits per heavy atom. The van der Waals surface area contributed by atoms with Crippen molar-refractivity contribution in [1.29, 1.82) is 0 Å². The van der Waals surface area contributed by atoms with E-state index in [1.165, 1.54) is 12.0 Å². The van der Waals surface area contributed by atoms with Gasteiger partial charge in [0.25, 0.3) is 11.7 Å². The zero-order valence-electron chi connectivity index (χ0n) is 22.9. The molecule has 1 fully saturated rings. The van der Waals surface area contributed by atoms with E-state index in [1.54, 1.807) is 43.5 Å². The minimum absolute atomic E-state index is 0.0309. The molecule has 8 heteroatoms. The Balaban J connectivity index is 1.77. The molecule has 0 aromatic heterocycles. The van der Waals surface area contributed by atoms with Crippen LogP contribution in [-0.4, -0.2) is 68.0 Å². The Morgan fingerprint density at radius 1 is 0.923 bits per heavy atom. The van der Waals surface area contributed by atoms with Crippen LogP contribution in [0, 0.1) is 6.92 Å². The van der Waals surface area contributed by atoms with Gasteiger partial charge in [-0.3, -0.25) is 9.59 Å². The number of amides is 1. The number of aryl methyl sites for hydroxylation is 1. The van der Waals surface area contributed by atoms with Crippen LogP contribution >= 0.6 is 0 Å². The minimum Gasteiger partial charge on any atom is -0.507 e. The average Bonchev–Trinajstić information content (AvgIpc) is 3.19. The van der Waals surface area contributed by atoms with E-state index in [0.29, 0.717) is 48.1 Å². The maximum Gasteiger partial charge on any atom is 0.295 e. The van der Waals surface area contributed by atoms with Gasteiger partial charge in [-0.05, 0) is 68.0 Å². The summed E-state index contributed by atoms with van der Waals surface area (Å²) in [4.78, 5) is 30.0. The molecule has 3 aromatic rings. The van der Waals surface area contributed by atoms with Crippen molar-refractivity contribution in [3.63, 3.8) is 0 Å². The smallest absolute Gasteiger partial charge is 0.295 e. The summed E-state index contributed by atoms with van der Waals surface area (Å²) in [5, 5.41) is 11.4. The van der Waals surface area contributed by atoms with E-state index in [9.17, 15) is 14.7 Å². The van der Waals surface area contributed by atoms with Gasteiger partial charge in [0.2, 0.25) is 0 Å². The van der Waals surface area contributed by atoms with Crippen molar-refractivity contribution in [3.05, 3.63) is 94.6 Å². The number of Topliss-reactive ketones (excluding diaryl/α,β-unsaturated/α-hetero) is 1. The third-order valence-corrected chi connectivity index (χ3v) is 6.74. The van der Waals surface area contributed by atoms with Crippen molar-refractivity contribution in [3.8, 4) is 17.2 Å². The molecule has 8 nitrogen and oxygen atoms in total. The average molecular weight is 531 g/mol. The van der Waals surface area contributed by atoms with Crippen molar-refractivity contribution < 1.29 is 28.9 Å². The number of nitrogens with zero attached hydrogens (tertiary/aromatic N) is 2. The first-order chi connectivity index (χ1) is 18.7. The second-order valence-corrected chi connectivity index (χ2v) is 9.66. The second-order valence-electron chi connectivity index (χ2n) is 9.66. The number of ether oxygens (including phenoxy) is 3. The first-order valence-corrected chi connectivity index (χ1v) is 12.7. The summed E-state index contributed by atoms with van der Waals surface area (Å²) in [6, 6.07) is 19.4. The highest BCUT2D eigenvalue weighted by molar-refractivity contribution is 6.46. The van der Waals surface area contributed by atoms with E-state index in [2.05, 4.69) is 0 Å². The zero-order chi connectivity index (χ0) is 28.1. The third kappa shape index (κ3) is 5.91. The van der Waals surface area contributed by atoms with Crippen molar-refractivity contribution in [1.82, 2.24) is 9.80 Å². The van der Waals surface area contributed by atoms with E-state index >= 15 is 0 Å². The second kappa shape index (κ2) is 12.0. The lowest BCUT2D eigenvalue weighted by molar-refractivity contribution is -0.140. The van der Waals surface area contributed by atoms with Crippen molar-refractivity contribution >= 4 is 17.4 Å². The molecule has 0 radical (unpaired) electrons. The molecular formula is C31H34N2O6. The quantitative estimate of drug-likeness (QED) is 0.233. The fourth-order valence-electron chi connectivity index (χ4n) is 4.65. The van der Waals surface area contributed by atoms with Crippen molar-refractivity contribution in [2.45, 2.75) is 19.6 Å². The summed E-state index contributed by atoms with van der Waals surface area (Å²) >= 11 is 0. The van der Waals surface area contributed by atoms with Crippen LogP contribution in [0.3, 0.4) is 0 Å². The fraction of sp³-hybridized carbons (Fsp3) is 0.290. The lowest BCUT2D eigenvalue weighted by Crippen LogP contribution is -2.35. The summed E-state index contributed by atoms with van der Waals surface area (Å²) in [6.07, 6.45) is 0. The van der Waals surface area contributed by atoms with Gasteiger partial charge in [-0.15, -0.1) is 0 Å². The molecule has 204 valence electrons. The molecule has 1 amide bonds. The van der Waals surface area contributed by atoms with Crippen LogP contribution < -0.4 is 14.2 Å². The molecule has 1 unspecified atom stereocenters. The largest absolute Gasteiger partial charge is 0.507 e. The van der Waals surface area contributed by atoms with Gasteiger partial charge >= 0.3 is 0 Å². The molecule has 39 heavy (non-hydrogen) atoms. The molecule has 0 saturated carbocycles. The first kappa shape index (κ1) is 27.7. The highest BCUT2D eigenvalue weighted by Crippen LogP contribution is 2.42. The first-order valence-electron chi connectivity index (χ1n) is 12.7. The van der Waals surface area contributed by atoms with Gasteiger partial charge < -0.3 is 29.1 Å². The lowest BCUT2D eigenvalue weighted by atomic mass is 9.94. The van der Waals surface area contributed by atoms with Crippen LogP contribution in [0.4, 0.5) is 0 Å². The molecule has 1 atom stereocenters. The van der Waals surface area contributed by atoms with Crippen LogP contribution in [0.1, 0.15) is 28.3 Å². The topological polar surface area (TPSA) is 88.5 Å². The van der Waals surface area contributed by atoms with Crippen molar-refractivity contribution in [2.24, 2.45) is 0 Å². The summed E-state index contributed by atoms with van der Waals surface area (Å²) in [5.41, 5.74) is 2.89. The van der Waals surface area contributed by atoms with E-state index in [1.807, 2.05) is 56.3 Å². The molecule has 4 rings (SSSR count). The number of aliphatic hydroxyl groups is 1. The zero-order valence-corrected chi connectivity index (χ0v) is 22.9. The van der Waals surface area contributed by atoms with Crippen LogP contribution in [0.15, 0.2) is 72.3 Å². The van der Waals surface area contributed by atoms with Crippen LogP contribution in [0.2, 0.25) is 0 Å². The summed E-state index contributed by atoms with van der Waals surface area (Å²) in [7, 11) is 6.90. The SMILES string of the molecule is COc1ccc(C(O)=C2C(=O)C(=O)N(CCN(C)C)C2c2ccc(OCc3ccccc3)c(OC)c2)cc1C. The predicted octanol–water partition coefficient (Wildman–Crippen LogP) is 4.57. The fourth-order valence-corrected chi connectivity index (χ4v) is 4.65. The van der Waals surface area contributed by atoms with Crippen LogP contribution in [-0.2, 0) is 16.2 Å². The molecule has 3 aromatic carbocycles. The van der Waals surface area contributed by atoms with Crippen molar-refractivity contribution in [2.75, 3.05) is 41.4 Å². The number of rotatable bonds is 10. The van der Waals surface area contributed by atoms with Gasteiger partial charge in [0.05, 0.1) is 25.8 Å². The number of aliphatic hydroxyl groups excluding tert-OH is 1. The Bertz CT molecular complexity index is 1380.